The number of hydrogen-bond acceptors (Lipinski definition) is 1. The molecular formula is C20H40FN. The Morgan fingerprint density at radius 3 is 1.77 bits per heavy atom. The molecule has 1 fully saturated rings. The monoisotopic (exact) mass is 313 g/mol. The molecule has 0 radical (unpaired) electrons. The van der Waals surface area contributed by atoms with Gasteiger partial charge in [0.05, 0.1) is 0 Å². The van der Waals surface area contributed by atoms with Crippen LogP contribution >= 0.6 is 0 Å². The van der Waals surface area contributed by atoms with Crippen LogP contribution in [0.1, 0.15) is 104 Å². The summed E-state index contributed by atoms with van der Waals surface area (Å²) in [4.78, 5) is 2.47. The Morgan fingerprint density at radius 1 is 0.864 bits per heavy atom. The smallest absolute Gasteiger partial charge is 0.114 e. The highest BCUT2D eigenvalue weighted by atomic mass is 19.1. The third kappa shape index (κ3) is 7.44. The van der Waals surface area contributed by atoms with Crippen molar-refractivity contribution in [3.8, 4) is 0 Å². The normalized spacial score (nSPS) is 19.9. The Morgan fingerprint density at radius 2 is 1.36 bits per heavy atom. The molecule has 1 nitrogen and oxygen atoms in total. The second kappa shape index (κ2) is 11.4. The molecule has 0 unspecified atom stereocenters. The van der Waals surface area contributed by atoms with Gasteiger partial charge in [-0.3, -0.25) is 4.90 Å². The van der Waals surface area contributed by atoms with Crippen molar-refractivity contribution < 1.29 is 4.39 Å². The minimum atomic E-state index is -0.584. The van der Waals surface area contributed by atoms with Crippen molar-refractivity contribution >= 4 is 0 Å². The minimum absolute atomic E-state index is 0.249. The van der Waals surface area contributed by atoms with E-state index in [4.69, 9.17) is 0 Å². The summed E-state index contributed by atoms with van der Waals surface area (Å²) in [6.07, 6.45) is 16.1. The van der Waals surface area contributed by atoms with Gasteiger partial charge in [0.15, 0.2) is 0 Å². The van der Waals surface area contributed by atoms with Gasteiger partial charge in [0.2, 0.25) is 0 Å². The van der Waals surface area contributed by atoms with Crippen LogP contribution in [0.15, 0.2) is 0 Å². The van der Waals surface area contributed by atoms with E-state index in [0.29, 0.717) is 6.54 Å². The maximum absolute atomic E-state index is 13.6. The molecule has 1 aliphatic heterocycles. The molecule has 0 aromatic carbocycles. The van der Waals surface area contributed by atoms with Gasteiger partial charge in [-0.25, -0.2) is 4.39 Å². The van der Waals surface area contributed by atoms with Crippen LogP contribution in [0.5, 0.6) is 0 Å². The van der Waals surface area contributed by atoms with Crippen molar-refractivity contribution in [2.75, 3.05) is 13.1 Å². The zero-order chi connectivity index (χ0) is 16.3. The number of hydrogen-bond donors (Lipinski definition) is 0. The van der Waals surface area contributed by atoms with Crippen molar-refractivity contribution in [2.45, 2.75) is 116 Å². The van der Waals surface area contributed by atoms with E-state index in [1.165, 1.54) is 77.0 Å². The zero-order valence-electron chi connectivity index (χ0n) is 15.5. The number of halogens is 1. The van der Waals surface area contributed by atoms with Gasteiger partial charge in [-0.15, -0.1) is 0 Å². The summed E-state index contributed by atoms with van der Waals surface area (Å²) < 4.78 is 13.6. The van der Waals surface area contributed by atoms with Crippen LogP contribution in [-0.2, 0) is 0 Å². The van der Waals surface area contributed by atoms with Crippen LogP contribution in [0, 0.1) is 0 Å². The van der Waals surface area contributed by atoms with Crippen LogP contribution < -0.4 is 0 Å². The van der Waals surface area contributed by atoms with E-state index < -0.39 is 6.17 Å². The quantitative estimate of drug-likeness (QED) is 0.350. The highest BCUT2D eigenvalue weighted by Gasteiger charge is 2.36. The second-order valence-corrected chi connectivity index (χ2v) is 7.66. The average Bonchev–Trinajstić information content (AvgIpc) is 2.94. The van der Waals surface area contributed by atoms with Crippen LogP contribution in [0.2, 0.25) is 0 Å². The zero-order valence-corrected chi connectivity index (χ0v) is 15.5. The fraction of sp³-hybridized carbons (Fsp3) is 1.00. The predicted octanol–water partition coefficient (Wildman–Crippen LogP) is 6.51. The minimum Gasteiger partial charge on any atom is -0.295 e. The van der Waals surface area contributed by atoms with Crippen molar-refractivity contribution in [3.05, 3.63) is 0 Å². The van der Waals surface area contributed by atoms with E-state index in [0.717, 1.165) is 13.0 Å². The van der Waals surface area contributed by atoms with Crippen molar-refractivity contribution in [1.29, 1.82) is 0 Å². The highest BCUT2D eigenvalue weighted by Crippen LogP contribution is 2.32. The van der Waals surface area contributed by atoms with Gasteiger partial charge in [0, 0.05) is 18.6 Å². The predicted molar refractivity (Wildman–Crippen MR) is 96.2 cm³/mol. The van der Waals surface area contributed by atoms with Gasteiger partial charge >= 0.3 is 0 Å². The molecule has 1 rings (SSSR count). The second-order valence-electron chi connectivity index (χ2n) is 7.66. The standard InChI is InChI=1S/C20H40FN/c1-4-6-8-10-12-15-20(3,16-13-11-9-7-5-2)22-17-14-19(21)18-22/h19H,4-18H2,1-3H3/t19-/m1/s1. The molecule has 0 saturated carbocycles. The summed E-state index contributed by atoms with van der Waals surface area (Å²) in [6.45, 7) is 8.60. The van der Waals surface area contributed by atoms with Gasteiger partial charge in [-0.05, 0) is 26.2 Å². The summed E-state index contributed by atoms with van der Waals surface area (Å²) in [6, 6.07) is 0. The van der Waals surface area contributed by atoms with Crippen LogP contribution in [-0.4, -0.2) is 29.7 Å². The van der Waals surface area contributed by atoms with Gasteiger partial charge in [0.1, 0.15) is 6.17 Å². The molecule has 0 aromatic heterocycles. The fourth-order valence-corrected chi connectivity index (χ4v) is 3.87. The lowest BCUT2D eigenvalue weighted by Gasteiger charge is -2.39. The molecule has 0 aromatic rings. The lowest BCUT2D eigenvalue weighted by atomic mass is 9.86. The first-order valence-electron chi connectivity index (χ1n) is 10.0. The summed E-state index contributed by atoms with van der Waals surface area (Å²) in [5.74, 6) is 0. The number of likely N-dealkylation sites (tertiary alicyclic amines) is 1. The third-order valence-electron chi connectivity index (χ3n) is 5.53. The van der Waals surface area contributed by atoms with E-state index in [1.54, 1.807) is 0 Å². The lowest BCUT2D eigenvalue weighted by molar-refractivity contribution is 0.0991. The fourth-order valence-electron chi connectivity index (χ4n) is 3.87. The van der Waals surface area contributed by atoms with Gasteiger partial charge in [0.25, 0.3) is 0 Å². The Bertz CT molecular complexity index is 252. The first-order valence-corrected chi connectivity index (χ1v) is 10.0. The first-order chi connectivity index (χ1) is 10.6. The topological polar surface area (TPSA) is 3.24 Å². The average molecular weight is 314 g/mol. The Labute approximate surface area is 139 Å². The number of nitrogens with zero attached hydrogens (tertiary/aromatic N) is 1. The summed E-state index contributed by atoms with van der Waals surface area (Å²) in [7, 11) is 0. The Hall–Kier alpha value is -0.110. The number of rotatable bonds is 13. The van der Waals surface area contributed by atoms with E-state index in [2.05, 4.69) is 25.7 Å². The molecule has 22 heavy (non-hydrogen) atoms. The summed E-state index contributed by atoms with van der Waals surface area (Å²) >= 11 is 0. The van der Waals surface area contributed by atoms with Gasteiger partial charge in [-0.1, -0.05) is 78.1 Å². The molecule has 0 bridgehead atoms. The summed E-state index contributed by atoms with van der Waals surface area (Å²) in [5, 5.41) is 0. The SMILES string of the molecule is CCCCCCCC(C)(CCCCCCC)N1CC[C@@H](F)C1. The molecule has 1 heterocycles. The van der Waals surface area contributed by atoms with Crippen molar-refractivity contribution in [2.24, 2.45) is 0 Å². The Balaban J connectivity index is 2.38. The van der Waals surface area contributed by atoms with Gasteiger partial charge in [-0.2, -0.15) is 0 Å². The van der Waals surface area contributed by atoms with Crippen LogP contribution in [0.4, 0.5) is 4.39 Å². The first kappa shape index (κ1) is 19.9. The van der Waals surface area contributed by atoms with Crippen LogP contribution in [0.25, 0.3) is 0 Å². The van der Waals surface area contributed by atoms with E-state index in [9.17, 15) is 4.39 Å². The van der Waals surface area contributed by atoms with E-state index in [-0.39, 0.29) is 5.54 Å². The molecule has 2 heteroatoms. The van der Waals surface area contributed by atoms with E-state index in [1.807, 2.05) is 0 Å². The number of alkyl halides is 1. The molecule has 1 saturated heterocycles. The van der Waals surface area contributed by atoms with Crippen LogP contribution in [0.3, 0.4) is 0 Å². The largest absolute Gasteiger partial charge is 0.295 e. The van der Waals surface area contributed by atoms with Crippen molar-refractivity contribution in [1.82, 2.24) is 4.90 Å². The maximum Gasteiger partial charge on any atom is 0.114 e. The molecule has 0 spiro atoms. The van der Waals surface area contributed by atoms with Crippen molar-refractivity contribution in [3.63, 3.8) is 0 Å². The third-order valence-corrected chi connectivity index (χ3v) is 5.53. The molecule has 0 N–H and O–H groups in total. The molecule has 132 valence electrons. The molecule has 0 amide bonds. The molecule has 1 atom stereocenters. The number of unbranched alkanes of at least 4 members (excludes halogenated alkanes) is 8. The molecule has 0 aliphatic carbocycles. The van der Waals surface area contributed by atoms with Gasteiger partial charge < -0.3 is 0 Å². The highest BCUT2D eigenvalue weighted by molar-refractivity contribution is 4.91. The lowest BCUT2D eigenvalue weighted by Crippen LogP contribution is -2.45. The van der Waals surface area contributed by atoms with E-state index >= 15 is 0 Å². The molecule has 1 aliphatic rings. The summed E-state index contributed by atoms with van der Waals surface area (Å²) in [5.41, 5.74) is 0.249. The maximum atomic E-state index is 13.6. The Kier molecular flexibility index (Phi) is 10.4. The molecular weight excluding hydrogens is 273 g/mol.